The molecule has 8 nitrogen and oxygen atoms in total. The van der Waals surface area contributed by atoms with Crippen LogP contribution < -0.4 is 15.8 Å². The fourth-order valence-corrected chi connectivity index (χ4v) is 4.03. The van der Waals surface area contributed by atoms with Crippen molar-refractivity contribution in [2.45, 2.75) is 98.3 Å². The molecule has 2 heterocycles. The van der Waals surface area contributed by atoms with E-state index in [9.17, 15) is 4.79 Å². The highest BCUT2D eigenvalue weighted by atomic mass is 16.5. The summed E-state index contributed by atoms with van der Waals surface area (Å²) < 4.78 is 8.12. The third-order valence-corrected chi connectivity index (χ3v) is 5.95. The van der Waals surface area contributed by atoms with Gasteiger partial charge in [-0.15, -0.1) is 10.2 Å². The Balaban J connectivity index is 1.76. The van der Waals surface area contributed by atoms with E-state index in [1.165, 1.54) is 12.8 Å². The van der Waals surface area contributed by atoms with Crippen LogP contribution in [0.2, 0.25) is 0 Å². The van der Waals surface area contributed by atoms with E-state index in [1.54, 1.807) is 0 Å². The third kappa shape index (κ3) is 7.41. The molecule has 3 rings (SSSR count). The van der Waals surface area contributed by atoms with Gasteiger partial charge in [-0.05, 0) is 37.8 Å². The van der Waals surface area contributed by atoms with Crippen molar-refractivity contribution in [3.05, 3.63) is 41.2 Å². The molecular weight excluding hydrogens is 440 g/mol. The Kier molecular flexibility index (Phi) is 9.87. The summed E-state index contributed by atoms with van der Waals surface area (Å²) in [7, 11) is 0. The predicted octanol–water partition coefficient (Wildman–Crippen LogP) is 5.17. The van der Waals surface area contributed by atoms with E-state index in [0.717, 1.165) is 54.6 Å². The van der Waals surface area contributed by atoms with Gasteiger partial charge in [-0.3, -0.25) is 4.79 Å². The number of rotatable bonds is 14. The molecule has 0 saturated heterocycles. The summed E-state index contributed by atoms with van der Waals surface area (Å²) in [6.45, 7) is 9.43. The summed E-state index contributed by atoms with van der Waals surface area (Å²) in [4.78, 5) is 16.9. The minimum atomic E-state index is -0.0419. The number of imidazole rings is 1. The van der Waals surface area contributed by atoms with Gasteiger partial charge in [0.15, 0.2) is 5.82 Å². The number of carbonyl (C=O) groups is 1. The van der Waals surface area contributed by atoms with Gasteiger partial charge >= 0.3 is 0 Å². The van der Waals surface area contributed by atoms with E-state index in [-0.39, 0.29) is 12.0 Å². The number of aromatic nitrogens is 4. The quantitative estimate of drug-likeness (QED) is 0.308. The van der Waals surface area contributed by atoms with Crippen molar-refractivity contribution in [2.75, 3.05) is 5.73 Å². The Hall–Kier alpha value is -3.16. The zero-order valence-corrected chi connectivity index (χ0v) is 21.6. The van der Waals surface area contributed by atoms with Gasteiger partial charge in [0.25, 0.3) is 5.88 Å². The first-order valence-corrected chi connectivity index (χ1v) is 12.9. The smallest absolute Gasteiger partial charge is 0.260 e. The first-order valence-electron chi connectivity index (χ1n) is 12.9. The second-order valence-corrected chi connectivity index (χ2v) is 9.38. The van der Waals surface area contributed by atoms with Crippen LogP contribution in [0.1, 0.15) is 89.6 Å². The van der Waals surface area contributed by atoms with Crippen LogP contribution in [0.5, 0.6) is 5.88 Å². The number of nitrogens with one attached hydrogen (secondary N) is 1. The van der Waals surface area contributed by atoms with E-state index < -0.39 is 0 Å². The summed E-state index contributed by atoms with van der Waals surface area (Å²) >= 11 is 0. The van der Waals surface area contributed by atoms with Crippen molar-refractivity contribution in [1.82, 2.24) is 25.1 Å². The average molecular weight is 481 g/mol. The number of nitrogens with zero attached hydrogens (tertiary/aromatic N) is 4. The molecule has 3 aromatic rings. The highest BCUT2D eigenvalue weighted by Crippen LogP contribution is 2.29. The van der Waals surface area contributed by atoms with Crippen LogP contribution in [-0.4, -0.2) is 31.8 Å². The molecule has 0 atom stereocenters. The lowest BCUT2D eigenvalue weighted by Gasteiger charge is -2.14. The van der Waals surface area contributed by atoms with Crippen molar-refractivity contribution in [2.24, 2.45) is 0 Å². The Bertz CT molecular complexity index is 1090. The fraction of sp³-hybridized carbons (Fsp3) is 0.556. The van der Waals surface area contributed by atoms with E-state index in [0.29, 0.717) is 36.7 Å². The number of ether oxygens (including phenoxy) is 1. The largest absolute Gasteiger partial charge is 0.472 e. The Morgan fingerprint density at radius 3 is 2.43 bits per heavy atom. The maximum atomic E-state index is 12.1. The summed E-state index contributed by atoms with van der Waals surface area (Å²) in [6, 6.07) is 8.33. The van der Waals surface area contributed by atoms with Gasteiger partial charge in [-0.1, -0.05) is 63.8 Å². The Morgan fingerprint density at radius 2 is 1.74 bits per heavy atom. The van der Waals surface area contributed by atoms with Gasteiger partial charge in [0.05, 0.1) is 6.10 Å². The molecule has 1 amide bonds. The summed E-state index contributed by atoms with van der Waals surface area (Å²) in [5.41, 5.74) is 9.78. The van der Waals surface area contributed by atoms with E-state index >= 15 is 0 Å². The SMILES string of the molecule is CCCCCCC(=O)NCc1ccc(Cn2c(CCCC)nc3c(N)nnc(OC(C)C)c32)cc1. The zero-order valence-electron chi connectivity index (χ0n) is 21.6. The number of fused-ring (bicyclic) bond motifs is 1. The molecule has 0 aliphatic heterocycles. The van der Waals surface area contributed by atoms with Crippen LogP contribution in [0, 0.1) is 0 Å². The second kappa shape index (κ2) is 13.1. The molecule has 0 spiro atoms. The van der Waals surface area contributed by atoms with Crippen molar-refractivity contribution < 1.29 is 9.53 Å². The van der Waals surface area contributed by atoms with Crippen LogP contribution in [0.25, 0.3) is 11.0 Å². The molecule has 0 aliphatic carbocycles. The molecule has 1 aromatic carbocycles. The highest BCUT2D eigenvalue weighted by Gasteiger charge is 2.20. The number of hydrogen-bond donors (Lipinski definition) is 2. The maximum Gasteiger partial charge on any atom is 0.260 e. The minimum absolute atomic E-state index is 0.0419. The molecule has 0 radical (unpaired) electrons. The van der Waals surface area contributed by atoms with Crippen molar-refractivity contribution in [3.63, 3.8) is 0 Å². The standard InChI is InChI=1S/C27H40N6O2/c1-5-7-9-10-12-23(34)29-17-20-13-15-21(16-14-20)18-33-22(11-8-6-2)30-24-25(33)27(35-19(3)4)32-31-26(24)28/h13-16,19H,5-12,17-18H2,1-4H3,(H2,28,31)(H,29,34). The number of anilines is 1. The predicted molar refractivity (Wildman–Crippen MR) is 140 cm³/mol. The van der Waals surface area contributed by atoms with Crippen LogP contribution >= 0.6 is 0 Å². The molecular formula is C27H40N6O2. The number of benzene rings is 1. The van der Waals surface area contributed by atoms with Crippen molar-refractivity contribution in [1.29, 1.82) is 0 Å². The highest BCUT2D eigenvalue weighted by molar-refractivity contribution is 5.88. The second-order valence-electron chi connectivity index (χ2n) is 9.38. The average Bonchev–Trinajstić information content (AvgIpc) is 3.20. The third-order valence-electron chi connectivity index (χ3n) is 5.95. The summed E-state index contributed by atoms with van der Waals surface area (Å²) in [6.07, 6.45) is 7.93. The maximum absolute atomic E-state index is 12.1. The monoisotopic (exact) mass is 480 g/mol. The molecule has 190 valence electrons. The molecule has 0 aliphatic rings. The van der Waals surface area contributed by atoms with E-state index in [1.807, 2.05) is 13.8 Å². The number of carbonyl (C=O) groups excluding carboxylic acids is 1. The van der Waals surface area contributed by atoms with Gasteiger partial charge in [-0.2, -0.15) is 0 Å². The zero-order chi connectivity index (χ0) is 25.2. The first kappa shape index (κ1) is 26.4. The number of nitrogens with two attached hydrogens (primary N) is 1. The lowest BCUT2D eigenvalue weighted by atomic mass is 10.1. The van der Waals surface area contributed by atoms with Gasteiger partial charge in [-0.25, -0.2) is 4.98 Å². The van der Waals surface area contributed by atoms with Crippen LogP contribution in [0.3, 0.4) is 0 Å². The van der Waals surface area contributed by atoms with E-state index in [2.05, 4.69) is 58.2 Å². The Labute approximate surface area is 208 Å². The van der Waals surface area contributed by atoms with Crippen LogP contribution in [0.15, 0.2) is 24.3 Å². The van der Waals surface area contributed by atoms with Crippen LogP contribution in [0.4, 0.5) is 5.82 Å². The lowest BCUT2D eigenvalue weighted by molar-refractivity contribution is -0.121. The fourth-order valence-electron chi connectivity index (χ4n) is 4.03. The number of aryl methyl sites for hydroxylation is 1. The molecule has 0 fully saturated rings. The number of hydrogen-bond acceptors (Lipinski definition) is 6. The van der Waals surface area contributed by atoms with Crippen LogP contribution in [-0.2, 0) is 24.3 Å². The lowest BCUT2D eigenvalue weighted by Crippen LogP contribution is -2.22. The Morgan fingerprint density at radius 1 is 1.03 bits per heavy atom. The number of nitrogen functional groups attached to an aromatic ring is 1. The number of unbranched alkanes of at least 4 members (excludes halogenated alkanes) is 4. The van der Waals surface area contributed by atoms with Crippen molar-refractivity contribution >= 4 is 22.8 Å². The summed E-state index contributed by atoms with van der Waals surface area (Å²) in [5, 5.41) is 11.3. The molecule has 0 saturated carbocycles. The van der Waals surface area contributed by atoms with Crippen molar-refractivity contribution in [3.8, 4) is 5.88 Å². The van der Waals surface area contributed by atoms with Gasteiger partial charge in [0.2, 0.25) is 5.91 Å². The molecule has 3 N–H and O–H groups in total. The molecule has 0 unspecified atom stereocenters. The molecule has 35 heavy (non-hydrogen) atoms. The van der Waals surface area contributed by atoms with Gasteiger partial charge in [0, 0.05) is 25.9 Å². The molecule has 2 aromatic heterocycles. The van der Waals surface area contributed by atoms with E-state index in [4.69, 9.17) is 15.5 Å². The molecule has 8 heteroatoms. The molecule has 0 bridgehead atoms. The van der Waals surface area contributed by atoms with Gasteiger partial charge < -0.3 is 20.4 Å². The topological polar surface area (TPSA) is 108 Å². The number of amides is 1. The van der Waals surface area contributed by atoms with Gasteiger partial charge in [0.1, 0.15) is 16.9 Å². The minimum Gasteiger partial charge on any atom is -0.472 e. The summed E-state index contributed by atoms with van der Waals surface area (Å²) in [5.74, 6) is 1.84. The first-order chi connectivity index (χ1) is 16.9. The normalized spacial score (nSPS) is 11.3.